The molecule has 0 fully saturated rings. The predicted octanol–water partition coefficient (Wildman–Crippen LogP) is 5.12. The molecule has 0 aliphatic carbocycles. The molecular formula is C22H17N3S. The lowest BCUT2D eigenvalue weighted by molar-refractivity contribution is 0.753. The normalized spacial score (nSPS) is 10.6. The summed E-state index contributed by atoms with van der Waals surface area (Å²) in [5.74, 6) is 0. The van der Waals surface area contributed by atoms with Crippen LogP contribution >= 0.6 is 11.3 Å². The molecule has 26 heavy (non-hydrogen) atoms. The number of benzene rings is 2. The van der Waals surface area contributed by atoms with Crippen molar-refractivity contribution in [3.05, 3.63) is 100 Å². The third-order valence-electron chi connectivity index (χ3n) is 4.43. The van der Waals surface area contributed by atoms with Crippen LogP contribution in [0, 0.1) is 11.3 Å². The molecule has 0 aliphatic heterocycles. The molecule has 2 aromatic carbocycles. The van der Waals surface area contributed by atoms with Crippen molar-refractivity contribution < 1.29 is 0 Å². The van der Waals surface area contributed by atoms with Crippen molar-refractivity contribution in [2.24, 2.45) is 0 Å². The molecule has 0 bridgehead atoms. The zero-order valence-corrected chi connectivity index (χ0v) is 15.0. The number of nitrogens with zero attached hydrogens (tertiary/aromatic N) is 3. The van der Waals surface area contributed by atoms with Crippen LogP contribution in [0.4, 0.5) is 0 Å². The average Bonchev–Trinajstić information content (AvgIpc) is 3.36. The molecule has 4 aromatic rings. The summed E-state index contributed by atoms with van der Waals surface area (Å²) in [6.45, 7) is 0.758. The molecule has 0 N–H and O–H groups in total. The minimum Gasteiger partial charge on any atom is -0.330 e. The minimum absolute atomic E-state index is 0.685. The quantitative estimate of drug-likeness (QED) is 0.498. The summed E-state index contributed by atoms with van der Waals surface area (Å²) >= 11 is 1.72. The van der Waals surface area contributed by atoms with Crippen LogP contribution in [0.1, 0.15) is 22.4 Å². The van der Waals surface area contributed by atoms with Crippen LogP contribution in [-0.2, 0) is 13.0 Å². The van der Waals surface area contributed by atoms with Crippen LogP contribution in [-0.4, -0.2) is 9.55 Å². The van der Waals surface area contributed by atoms with Crippen LogP contribution in [0.2, 0.25) is 0 Å². The van der Waals surface area contributed by atoms with Crippen molar-refractivity contribution >= 4 is 11.3 Å². The molecule has 0 aliphatic rings. The smallest absolute Gasteiger partial charge is 0.0991 e. The summed E-state index contributed by atoms with van der Waals surface area (Å²) in [5, 5.41) is 13.2. The van der Waals surface area contributed by atoms with Gasteiger partial charge in [-0.05, 0) is 51.2 Å². The van der Waals surface area contributed by atoms with Gasteiger partial charge in [0.15, 0.2) is 0 Å². The van der Waals surface area contributed by atoms with E-state index in [1.165, 1.54) is 22.4 Å². The topological polar surface area (TPSA) is 41.6 Å². The first-order valence-corrected chi connectivity index (χ1v) is 9.36. The number of rotatable bonds is 5. The summed E-state index contributed by atoms with van der Waals surface area (Å²) in [4.78, 5) is 4.32. The largest absolute Gasteiger partial charge is 0.330 e. The fourth-order valence-corrected chi connectivity index (χ4v) is 3.64. The number of hydrogen-bond acceptors (Lipinski definition) is 3. The second kappa shape index (κ2) is 7.38. The van der Waals surface area contributed by atoms with Crippen molar-refractivity contribution in [2.45, 2.75) is 13.0 Å². The zero-order valence-electron chi connectivity index (χ0n) is 14.2. The standard InChI is InChI=1S/C22H17N3S/c23-12-18-1-3-19(4-2-18)14-25-16-24-13-22(25)11-17-5-7-20(8-6-17)21-9-10-26-15-21/h1-10,13,15-16H,11,14H2. The Bertz CT molecular complexity index is 1020. The molecule has 4 rings (SSSR count). The van der Waals surface area contributed by atoms with E-state index in [4.69, 9.17) is 5.26 Å². The van der Waals surface area contributed by atoms with E-state index in [0.717, 1.165) is 18.5 Å². The fraction of sp³-hybridized carbons (Fsp3) is 0.0909. The first-order valence-electron chi connectivity index (χ1n) is 8.41. The van der Waals surface area contributed by atoms with Crippen molar-refractivity contribution in [3.8, 4) is 17.2 Å². The van der Waals surface area contributed by atoms with Gasteiger partial charge in [0.1, 0.15) is 0 Å². The van der Waals surface area contributed by atoms with Gasteiger partial charge in [-0.3, -0.25) is 0 Å². The summed E-state index contributed by atoms with van der Waals surface area (Å²) < 4.78 is 2.16. The van der Waals surface area contributed by atoms with Crippen LogP contribution in [0.3, 0.4) is 0 Å². The fourth-order valence-electron chi connectivity index (χ4n) is 2.97. The maximum absolute atomic E-state index is 8.91. The van der Waals surface area contributed by atoms with Gasteiger partial charge in [0.2, 0.25) is 0 Å². The monoisotopic (exact) mass is 355 g/mol. The Morgan fingerprint density at radius 2 is 1.69 bits per heavy atom. The first kappa shape index (κ1) is 16.3. The Hall–Kier alpha value is -3.16. The van der Waals surface area contributed by atoms with E-state index in [1.807, 2.05) is 36.8 Å². The average molecular weight is 355 g/mol. The molecule has 0 saturated heterocycles. The lowest BCUT2D eigenvalue weighted by atomic mass is 10.0. The SMILES string of the molecule is N#Cc1ccc(Cn2cncc2Cc2ccc(-c3ccsc3)cc2)cc1. The van der Waals surface area contributed by atoms with E-state index < -0.39 is 0 Å². The predicted molar refractivity (Wildman–Crippen MR) is 105 cm³/mol. The third kappa shape index (κ3) is 3.58. The summed E-state index contributed by atoms with van der Waals surface area (Å²) in [7, 11) is 0. The Balaban J connectivity index is 1.49. The second-order valence-corrected chi connectivity index (χ2v) is 6.99. The Labute approximate surface area is 156 Å². The maximum atomic E-state index is 8.91. The molecule has 0 saturated carbocycles. The van der Waals surface area contributed by atoms with Gasteiger partial charge in [0.25, 0.3) is 0 Å². The highest BCUT2D eigenvalue weighted by Crippen LogP contribution is 2.23. The summed E-state index contributed by atoms with van der Waals surface area (Å²) in [6.07, 6.45) is 4.64. The molecule has 0 radical (unpaired) electrons. The summed E-state index contributed by atoms with van der Waals surface area (Å²) in [6, 6.07) is 20.7. The van der Waals surface area contributed by atoms with Gasteiger partial charge >= 0.3 is 0 Å². The molecule has 0 atom stereocenters. The molecule has 4 heteroatoms. The molecule has 2 aromatic heterocycles. The zero-order chi connectivity index (χ0) is 17.8. The van der Waals surface area contributed by atoms with Crippen molar-refractivity contribution in [2.75, 3.05) is 0 Å². The van der Waals surface area contributed by atoms with E-state index in [1.54, 1.807) is 11.3 Å². The first-order chi connectivity index (χ1) is 12.8. The minimum atomic E-state index is 0.685. The third-order valence-corrected chi connectivity index (χ3v) is 5.11. The van der Waals surface area contributed by atoms with Gasteiger partial charge < -0.3 is 4.57 Å². The molecule has 3 nitrogen and oxygen atoms in total. The molecule has 126 valence electrons. The number of thiophene rings is 1. The van der Waals surface area contributed by atoms with Crippen LogP contribution < -0.4 is 0 Å². The van der Waals surface area contributed by atoms with E-state index in [2.05, 4.69) is 56.7 Å². The van der Waals surface area contributed by atoms with Crippen LogP contribution in [0.5, 0.6) is 0 Å². The van der Waals surface area contributed by atoms with Crippen LogP contribution in [0.15, 0.2) is 77.9 Å². The van der Waals surface area contributed by atoms with Gasteiger partial charge in [0.05, 0.1) is 18.0 Å². The molecule has 0 spiro atoms. The van der Waals surface area contributed by atoms with Gasteiger partial charge in [-0.2, -0.15) is 16.6 Å². The lowest BCUT2D eigenvalue weighted by Crippen LogP contribution is -2.04. The number of aromatic nitrogens is 2. The highest BCUT2D eigenvalue weighted by Gasteiger charge is 2.06. The molecular weight excluding hydrogens is 338 g/mol. The summed E-state index contributed by atoms with van der Waals surface area (Å²) in [5.41, 5.74) is 6.82. The Morgan fingerprint density at radius 1 is 0.923 bits per heavy atom. The maximum Gasteiger partial charge on any atom is 0.0991 e. The van der Waals surface area contributed by atoms with Crippen molar-refractivity contribution in [3.63, 3.8) is 0 Å². The van der Waals surface area contributed by atoms with Gasteiger partial charge in [-0.25, -0.2) is 4.98 Å². The van der Waals surface area contributed by atoms with E-state index in [9.17, 15) is 0 Å². The highest BCUT2D eigenvalue weighted by molar-refractivity contribution is 7.08. The Morgan fingerprint density at radius 3 is 2.38 bits per heavy atom. The number of nitriles is 1. The molecule has 0 amide bonds. The highest BCUT2D eigenvalue weighted by atomic mass is 32.1. The van der Waals surface area contributed by atoms with E-state index in [0.29, 0.717) is 5.56 Å². The lowest BCUT2D eigenvalue weighted by Gasteiger charge is -2.09. The van der Waals surface area contributed by atoms with E-state index >= 15 is 0 Å². The molecule has 2 heterocycles. The van der Waals surface area contributed by atoms with E-state index in [-0.39, 0.29) is 0 Å². The second-order valence-electron chi connectivity index (χ2n) is 6.21. The van der Waals surface area contributed by atoms with Crippen molar-refractivity contribution in [1.29, 1.82) is 5.26 Å². The Kier molecular flexibility index (Phi) is 4.63. The van der Waals surface area contributed by atoms with Crippen molar-refractivity contribution in [1.82, 2.24) is 9.55 Å². The van der Waals surface area contributed by atoms with Crippen LogP contribution in [0.25, 0.3) is 11.1 Å². The van der Waals surface area contributed by atoms with Gasteiger partial charge in [0, 0.05) is 24.9 Å². The molecule has 0 unspecified atom stereocenters. The number of hydrogen-bond donors (Lipinski definition) is 0. The number of imidazole rings is 1. The van der Waals surface area contributed by atoms with Gasteiger partial charge in [-0.1, -0.05) is 36.4 Å². The van der Waals surface area contributed by atoms with Gasteiger partial charge in [-0.15, -0.1) is 0 Å².